The number of carbonyl (C=O) groups excluding carboxylic acids is 2. The highest BCUT2D eigenvalue weighted by Gasteiger charge is 2.21. The van der Waals surface area contributed by atoms with Crippen molar-refractivity contribution in [1.29, 1.82) is 0 Å². The molecule has 2 heterocycles. The predicted molar refractivity (Wildman–Crippen MR) is 102 cm³/mol. The predicted octanol–water partition coefficient (Wildman–Crippen LogP) is 3.63. The average Bonchev–Trinajstić information content (AvgIpc) is 3.01. The smallest absolute Gasteiger partial charge is 0.292 e. The Bertz CT molecular complexity index is 965. The molecule has 1 aromatic carbocycles. The molecule has 0 aliphatic carbocycles. The Morgan fingerprint density at radius 2 is 1.85 bits per heavy atom. The second-order valence-electron chi connectivity index (χ2n) is 6.28. The van der Waals surface area contributed by atoms with Gasteiger partial charge in [0, 0.05) is 12.7 Å². The number of rotatable bonds is 5. The summed E-state index contributed by atoms with van der Waals surface area (Å²) < 4.78 is 1.59. The normalized spacial score (nSPS) is 10.9. The van der Waals surface area contributed by atoms with E-state index in [1.807, 2.05) is 13.8 Å². The lowest BCUT2D eigenvalue weighted by Crippen LogP contribution is -2.27. The molecule has 0 saturated carbocycles. The third kappa shape index (κ3) is 3.70. The topological polar surface area (TPSA) is 75.5 Å². The Balaban J connectivity index is 1.95. The van der Waals surface area contributed by atoms with Gasteiger partial charge in [0.05, 0.1) is 16.2 Å². The molecule has 2 N–H and O–H groups in total. The molecule has 0 fully saturated rings. The van der Waals surface area contributed by atoms with Gasteiger partial charge in [-0.1, -0.05) is 43.6 Å². The summed E-state index contributed by atoms with van der Waals surface area (Å²) in [5, 5.41) is 6.00. The second kappa shape index (κ2) is 7.58. The number of benzene rings is 1. The first-order valence-corrected chi connectivity index (χ1v) is 8.66. The number of hydrogen-bond donors (Lipinski definition) is 2. The Hall–Kier alpha value is -2.86. The van der Waals surface area contributed by atoms with Gasteiger partial charge in [0.2, 0.25) is 5.82 Å². The number of pyridine rings is 1. The van der Waals surface area contributed by atoms with Crippen LogP contribution < -0.4 is 10.6 Å². The number of carbonyl (C=O) groups is 2. The van der Waals surface area contributed by atoms with Crippen molar-refractivity contribution in [2.75, 3.05) is 11.9 Å². The zero-order valence-corrected chi connectivity index (χ0v) is 15.2. The van der Waals surface area contributed by atoms with E-state index in [4.69, 9.17) is 11.6 Å². The Morgan fingerprint density at radius 1 is 1.12 bits per heavy atom. The lowest BCUT2D eigenvalue weighted by Gasteiger charge is -2.06. The molecular weight excluding hydrogens is 352 g/mol. The van der Waals surface area contributed by atoms with E-state index in [1.54, 1.807) is 53.1 Å². The first-order chi connectivity index (χ1) is 12.5. The molecule has 3 rings (SSSR count). The number of para-hydroxylation sites is 1. The van der Waals surface area contributed by atoms with E-state index in [2.05, 4.69) is 15.6 Å². The molecule has 0 saturated heterocycles. The van der Waals surface area contributed by atoms with Crippen molar-refractivity contribution in [3.05, 3.63) is 65.2 Å². The fraction of sp³-hybridized carbons (Fsp3) is 0.211. The van der Waals surface area contributed by atoms with Gasteiger partial charge in [-0.25, -0.2) is 4.98 Å². The van der Waals surface area contributed by atoms with Crippen LogP contribution in [0, 0.1) is 5.92 Å². The van der Waals surface area contributed by atoms with Crippen LogP contribution in [0.5, 0.6) is 0 Å². The van der Waals surface area contributed by atoms with E-state index in [0.29, 0.717) is 28.7 Å². The monoisotopic (exact) mass is 370 g/mol. The van der Waals surface area contributed by atoms with Crippen molar-refractivity contribution < 1.29 is 9.59 Å². The Labute approximate surface area is 156 Å². The van der Waals surface area contributed by atoms with E-state index in [9.17, 15) is 9.59 Å². The van der Waals surface area contributed by atoms with Crippen molar-refractivity contribution in [3.63, 3.8) is 0 Å². The van der Waals surface area contributed by atoms with E-state index in [1.165, 1.54) is 0 Å². The highest BCUT2D eigenvalue weighted by molar-refractivity contribution is 6.33. The van der Waals surface area contributed by atoms with Crippen molar-refractivity contribution in [2.45, 2.75) is 13.8 Å². The van der Waals surface area contributed by atoms with Gasteiger partial charge in [0.1, 0.15) is 0 Å². The van der Waals surface area contributed by atoms with Gasteiger partial charge in [-0.2, -0.15) is 0 Å². The van der Waals surface area contributed by atoms with Crippen molar-refractivity contribution >= 4 is 34.6 Å². The molecule has 0 spiro atoms. The average molecular weight is 371 g/mol. The first-order valence-electron chi connectivity index (χ1n) is 8.28. The number of nitrogens with one attached hydrogen (secondary N) is 2. The highest BCUT2D eigenvalue weighted by Crippen LogP contribution is 2.22. The maximum Gasteiger partial charge on any atom is 0.292 e. The first kappa shape index (κ1) is 17.9. The molecule has 7 heteroatoms. The third-order valence-corrected chi connectivity index (χ3v) is 4.09. The van der Waals surface area contributed by atoms with Crippen LogP contribution >= 0.6 is 11.6 Å². The maximum atomic E-state index is 12.7. The van der Waals surface area contributed by atoms with Gasteiger partial charge in [0.15, 0.2) is 5.69 Å². The number of anilines is 1. The zero-order valence-electron chi connectivity index (χ0n) is 14.5. The van der Waals surface area contributed by atoms with Crippen molar-refractivity contribution in [1.82, 2.24) is 14.7 Å². The van der Waals surface area contributed by atoms with Crippen LogP contribution in [0.25, 0.3) is 5.52 Å². The second-order valence-corrected chi connectivity index (χ2v) is 6.68. The summed E-state index contributed by atoms with van der Waals surface area (Å²) in [7, 11) is 0. The molecular formula is C19H19ClN4O2. The van der Waals surface area contributed by atoms with Crippen LogP contribution in [-0.4, -0.2) is 27.7 Å². The fourth-order valence-electron chi connectivity index (χ4n) is 2.49. The maximum absolute atomic E-state index is 12.7. The van der Waals surface area contributed by atoms with E-state index in [-0.39, 0.29) is 17.4 Å². The number of amides is 2. The molecule has 0 unspecified atom stereocenters. The van der Waals surface area contributed by atoms with E-state index < -0.39 is 5.91 Å². The number of nitrogens with zero attached hydrogens (tertiary/aromatic N) is 2. The zero-order chi connectivity index (χ0) is 18.7. The molecule has 26 heavy (non-hydrogen) atoms. The van der Waals surface area contributed by atoms with Crippen molar-refractivity contribution in [3.8, 4) is 0 Å². The summed E-state index contributed by atoms with van der Waals surface area (Å²) in [5.74, 6) is -0.313. The number of imidazole rings is 1. The summed E-state index contributed by atoms with van der Waals surface area (Å²) in [5.41, 5.74) is 1.27. The number of hydrogen-bond acceptors (Lipinski definition) is 3. The van der Waals surface area contributed by atoms with Crippen LogP contribution in [-0.2, 0) is 0 Å². The lowest BCUT2D eigenvalue weighted by molar-refractivity contribution is 0.0946. The molecule has 6 nitrogen and oxygen atoms in total. The van der Waals surface area contributed by atoms with Crippen LogP contribution in [0.1, 0.15) is 35.0 Å². The fourth-order valence-corrected chi connectivity index (χ4v) is 2.67. The number of aromatic nitrogens is 2. The van der Waals surface area contributed by atoms with Gasteiger partial charge >= 0.3 is 0 Å². The molecule has 0 aliphatic heterocycles. The number of fused-ring (bicyclic) bond motifs is 1. The minimum Gasteiger partial charge on any atom is -0.350 e. The molecule has 134 valence electrons. The summed E-state index contributed by atoms with van der Waals surface area (Å²) in [4.78, 5) is 29.5. The molecule has 2 aromatic heterocycles. The summed E-state index contributed by atoms with van der Waals surface area (Å²) in [6, 6.07) is 12.3. The molecule has 3 aromatic rings. The van der Waals surface area contributed by atoms with Gasteiger partial charge in [-0.3, -0.25) is 14.0 Å². The molecule has 0 aliphatic rings. The van der Waals surface area contributed by atoms with E-state index in [0.717, 1.165) is 0 Å². The standard InChI is InChI=1S/C19H19ClN4O2/c1-12(2)11-21-18(25)16-15-9-5-6-10-24(15)17(23-16)19(26)22-14-8-4-3-7-13(14)20/h3-10,12H,11H2,1-2H3,(H,21,25)(H,22,26). The third-order valence-electron chi connectivity index (χ3n) is 3.76. The number of halogens is 1. The summed E-state index contributed by atoms with van der Waals surface area (Å²) >= 11 is 6.09. The van der Waals surface area contributed by atoms with E-state index >= 15 is 0 Å². The Kier molecular flexibility index (Phi) is 5.23. The van der Waals surface area contributed by atoms with Gasteiger partial charge in [-0.05, 0) is 30.2 Å². The molecule has 0 atom stereocenters. The van der Waals surface area contributed by atoms with Crippen LogP contribution in [0.3, 0.4) is 0 Å². The van der Waals surface area contributed by atoms with Crippen LogP contribution in [0.15, 0.2) is 48.7 Å². The van der Waals surface area contributed by atoms with Crippen LogP contribution in [0.4, 0.5) is 5.69 Å². The molecule has 2 amide bonds. The van der Waals surface area contributed by atoms with Gasteiger partial charge in [-0.15, -0.1) is 0 Å². The molecule has 0 radical (unpaired) electrons. The Morgan fingerprint density at radius 3 is 2.58 bits per heavy atom. The van der Waals surface area contributed by atoms with Crippen LogP contribution in [0.2, 0.25) is 5.02 Å². The minimum absolute atomic E-state index is 0.121. The molecule has 0 bridgehead atoms. The van der Waals surface area contributed by atoms with Gasteiger partial charge in [0.25, 0.3) is 11.8 Å². The SMILES string of the molecule is CC(C)CNC(=O)c1nc(C(=O)Nc2ccccc2Cl)n2ccccc12. The van der Waals surface area contributed by atoms with Gasteiger partial charge < -0.3 is 10.6 Å². The summed E-state index contributed by atoms with van der Waals surface area (Å²) in [6.45, 7) is 4.55. The highest BCUT2D eigenvalue weighted by atomic mass is 35.5. The lowest BCUT2D eigenvalue weighted by atomic mass is 10.2. The largest absolute Gasteiger partial charge is 0.350 e. The quantitative estimate of drug-likeness (QED) is 0.720. The minimum atomic E-state index is -0.442. The summed E-state index contributed by atoms with van der Waals surface area (Å²) in [6.07, 6.45) is 1.70. The van der Waals surface area contributed by atoms with Crippen molar-refractivity contribution in [2.24, 2.45) is 5.92 Å².